The Bertz CT molecular complexity index is 478. The van der Waals surface area contributed by atoms with Gasteiger partial charge in [0.05, 0.1) is 6.61 Å². The van der Waals surface area contributed by atoms with E-state index in [9.17, 15) is 9.59 Å². The summed E-state index contributed by atoms with van der Waals surface area (Å²) >= 11 is 0. The normalized spacial score (nSPS) is 13.9. The zero-order valence-corrected chi connectivity index (χ0v) is 11.8. The van der Waals surface area contributed by atoms with Gasteiger partial charge < -0.3 is 4.74 Å². The molecule has 0 unspecified atom stereocenters. The first-order valence-corrected chi connectivity index (χ1v) is 6.89. The van der Waals surface area contributed by atoms with Crippen LogP contribution in [0.2, 0.25) is 0 Å². The van der Waals surface area contributed by atoms with Crippen molar-refractivity contribution in [1.82, 2.24) is 10.9 Å². The molecule has 2 N–H and O–H groups in total. The molecule has 0 aliphatic heterocycles. The van der Waals surface area contributed by atoms with Crippen molar-refractivity contribution in [2.24, 2.45) is 11.8 Å². The first-order chi connectivity index (χ1) is 9.56. The molecule has 2 rings (SSSR count). The van der Waals surface area contributed by atoms with Gasteiger partial charge in [0.25, 0.3) is 5.91 Å². The van der Waals surface area contributed by atoms with E-state index in [1.54, 1.807) is 24.3 Å². The summed E-state index contributed by atoms with van der Waals surface area (Å²) in [4.78, 5) is 23.2. The molecule has 1 aliphatic rings. The average molecular weight is 276 g/mol. The number of hydrogen-bond donors (Lipinski definition) is 2. The van der Waals surface area contributed by atoms with Gasteiger partial charge in [0.15, 0.2) is 0 Å². The summed E-state index contributed by atoms with van der Waals surface area (Å²) in [5, 5.41) is 0. The first kappa shape index (κ1) is 14.4. The molecule has 108 valence electrons. The number of hydrazine groups is 1. The first-order valence-electron chi connectivity index (χ1n) is 6.89. The van der Waals surface area contributed by atoms with E-state index in [2.05, 4.69) is 24.7 Å². The van der Waals surface area contributed by atoms with E-state index in [1.165, 1.54) is 0 Å². The van der Waals surface area contributed by atoms with Gasteiger partial charge in [-0.15, -0.1) is 0 Å². The molecule has 5 heteroatoms. The van der Waals surface area contributed by atoms with E-state index in [0.717, 1.165) is 18.6 Å². The number of hydrogen-bond acceptors (Lipinski definition) is 3. The highest BCUT2D eigenvalue weighted by molar-refractivity contribution is 5.95. The topological polar surface area (TPSA) is 67.4 Å². The van der Waals surface area contributed by atoms with Gasteiger partial charge in [0, 0.05) is 11.5 Å². The average Bonchev–Trinajstić information content (AvgIpc) is 3.27. The molecule has 0 heterocycles. The number of carbonyl (C=O) groups excluding carboxylic acids is 2. The van der Waals surface area contributed by atoms with Crippen molar-refractivity contribution in [1.29, 1.82) is 0 Å². The van der Waals surface area contributed by atoms with Crippen molar-refractivity contribution >= 4 is 11.8 Å². The van der Waals surface area contributed by atoms with Crippen LogP contribution in [0.4, 0.5) is 0 Å². The Balaban J connectivity index is 1.81. The largest absolute Gasteiger partial charge is 0.493 e. The molecule has 0 aromatic heterocycles. The Hall–Kier alpha value is -2.04. The van der Waals surface area contributed by atoms with Crippen molar-refractivity contribution in [2.75, 3.05) is 6.61 Å². The van der Waals surface area contributed by atoms with Crippen LogP contribution in [0, 0.1) is 11.8 Å². The second kappa shape index (κ2) is 6.41. The molecule has 0 spiro atoms. The minimum atomic E-state index is -0.325. The highest BCUT2D eigenvalue weighted by Gasteiger charge is 2.29. The predicted molar refractivity (Wildman–Crippen MR) is 75.1 cm³/mol. The number of benzene rings is 1. The fraction of sp³-hybridized carbons (Fsp3) is 0.467. The summed E-state index contributed by atoms with van der Waals surface area (Å²) in [5.74, 6) is 0.819. The SMILES string of the molecule is CC(C)COc1ccc(C(=O)NNC(=O)C2CC2)cc1. The third kappa shape index (κ3) is 4.26. The molecule has 0 radical (unpaired) electrons. The van der Waals surface area contributed by atoms with Gasteiger partial charge in [-0.05, 0) is 43.0 Å². The van der Waals surface area contributed by atoms with Gasteiger partial charge in [-0.3, -0.25) is 20.4 Å². The van der Waals surface area contributed by atoms with Crippen LogP contribution < -0.4 is 15.6 Å². The zero-order chi connectivity index (χ0) is 14.5. The molecular weight excluding hydrogens is 256 g/mol. The highest BCUT2D eigenvalue weighted by Crippen LogP contribution is 2.28. The van der Waals surface area contributed by atoms with Crippen molar-refractivity contribution in [2.45, 2.75) is 26.7 Å². The molecule has 1 aromatic carbocycles. The molecule has 0 atom stereocenters. The minimum absolute atomic E-state index is 0.0714. The van der Waals surface area contributed by atoms with Crippen LogP contribution in [0.3, 0.4) is 0 Å². The number of rotatable bonds is 5. The second-order valence-corrected chi connectivity index (χ2v) is 5.45. The van der Waals surface area contributed by atoms with Crippen LogP contribution in [0.15, 0.2) is 24.3 Å². The monoisotopic (exact) mass is 276 g/mol. The maximum absolute atomic E-state index is 11.8. The molecule has 1 saturated carbocycles. The van der Waals surface area contributed by atoms with E-state index in [-0.39, 0.29) is 17.7 Å². The summed E-state index contributed by atoms with van der Waals surface area (Å²) in [6.07, 6.45) is 1.81. The van der Waals surface area contributed by atoms with E-state index < -0.39 is 0 Å². The summed E-state index contributed by atoms with van der Waals surface area (Å²) < 4.78 is 5.54. The maximum Gasteiger partial charge on any atom is 0.269 e. The molecule has 2 amide bonds. The maximum atomic E-state index is 11.8. The Kier molecular flexibility index (Phi) is 4.61. The third-order valence-corrected chi connectivity index (χ3v) is 2.95. The van der Waals surface area contributed by atoms with Crippen molar-refractivity contribution < 1.29 is 14.3 Å². The minimum Gasteiger partial charge on any atom is -0.493 e. The Morgan fingerprint density at radius 1 is 1.20 bits per heavy atom. The fourth-order valence-electron chi connectivity index (χ4n) is 1.60. The van der Waals surface area contributed by atoms with Crippen LogP contribution in [-0.2, 0) is 4.79 Å². The Morgan fingerprint density at radius 3 is 2.40 bits per heavy atom. The van der Waals surface area contributed by atoms with Crippen molar-refractivity contribution in [3.8, 4) is 5.75 Å². The molecule has 1 aliphatic carbocycles. The molecule has 0 saturated heterocycles. The summed E-state index contributed by atoms with van der Waals surface area (Å²) in [5.41, 5.74) is 5.32. The van der Waals surface area contributed by atoms with Crippen LogP contribution in [-0.4, -0.2) is 18.4 Å². The second-order valence-electron chi connectivity index (χ2n) is 5.45. The number of amides is 2. The van der Waals surface area contributed by atoms with E-state index in [1.807, 2.05) is 0 Å². The van der Waals surface area contributed by atoms with Gasteiger partial charge in [0.1, 0.15) is 5.75 Å². The zero-order valence-electron chi connectivity index (χ0n) is 11.8. The van der Waals surface area contributed by atoms with Gasteiger partial charge >= 0.3 is 0 Å². The molecule has 1 fully saturated rings. The molecule has 20 heavy (non-hydrogen) atoms. The Labute approximate surface area is 118 Å². The standard InChI is InChI=1S/C15H20N2O3/c1-10(2)9-20-13-7-5-12(6-8-13)15(19)17-16-14(18)11-3-4-11/h5-8,10-11H,3-4,9H2,1-2H3,(H,16,18)(H,17,19). The molecular formula is C15H20N2O3. The predicted octanol–water partition coefficient (Wildman–Crippen LogP) is 1.89. The number of ether oxygens (including phenoxy) is 1. The lowest BCUT2D eigenvalue weighted by atomic mass is 10.2. The Morgan fingerprint density at radius 2 is 1.85 bits per heavy atom. The van der Waals surface area contributed by atoms with E-state index in [4.69, 9.17) is 4.74 Å². The van der Waals surface area contributed by atoms with Gasteiger partial charge in [-0.2, -0.15) is 0 Å². The van der Waals surface area contributed by atoms with Gasteiger partial charge in [-0.1, -0.05) is 13.8 Å². The third-order valence-electron chi connectivity index (χ3n) is 2.95. The summed E-state index contributed by atoms with van der Waals surface area (Å²) in [7, 11) is 0. The molecule has 0 bridgehead atoms. The van der Waals surface area contributed by atoms with E-state index >= 15 is 0 Å². The van der Waals surface area contributed by atoms with Crippen LogP contribution in [0.5, 0.6) is 5.75 Å². The quantitative estimate of drug-likeness (QED) is 0.807. The smallest absolute Gasteiger partial charge is 0.269 e. The number of nitrogens with one attached hydrogen (secondary N) is 2. The van der Waals surface area contributed by atoms with Gasteiger partial charge in [0.2, 0.25) is 5.91 Å². The highest BCUT2D eigenvalue weighted by atomic mass is 16.5. The van der Waals surface area contributed by atoms with Gasteiger partial charge in [-0.25, -0.2) is 0 Å². The van der Waals surface area contributed by atoms with Crippen molar-refractivity contribution in [3.05, 3.63) is 29.8 Å². The summed E-state index contributed by atoms with van der Waals surface area (Å²) in [6.45, 7) is 4.79. The van der Waals surface area contributed by atoms with Crippen molar-refractivity contribution in [3.63, 3.8) is 0 Å². The molecule has 1 aromatic rings. The molecule has 5 nitrogen and oxygen atoms in total. The van der Waals surface area contributed by atoms with Crippen LogP contribution in [0.25, 0.3) is 0 Å². The van der Waals surface area contributed by atoms with Crippen LogP contribution >= 0.6 is 0 Å². The van der Waals surface area contributed by atoms with Crippen LogP contribution in [0.1, 0.15) is 37.0 Å². The van der Waals surface area contributed by atoms with E-state index in [0.29, 0.717) is 18.1 Å². The fourth-order valence-corrected chi connectivity index (χ4v) is 1.60. The lowest BCUT2D eigenvalue weighted by molar-refractivity contribution is -0.123. The number of carbonyl (C=O) groups is 2. The lowest BCUT2D eigenvalue weighted by Crippen LogP contribution is -2.42. The lowest BCUT2D eigenvalue weighted by Gasteiger charge is -2.10. The summed E-state index contributed by atoms with van der Waals surface area (Å²) in [6, 6.07) is 6.85.